The Hall–Kier alpha value is -2.71. The first-order chi connectivity index (χ1) is 11.6. The van der Waals surface area contributed by atoms with Crippen molar-refractivity contribution < 1.29 is 9.66 Å². The molecule has 0 saturated carbocycles. The quantitative estimate of drug-likeness (QED) is 0.379. The van der Waals surface area contributed by atoms with Gasteiger partial charge in [-0.15, -0.1) is 0 Å². The lowest BCUT2D eigenvalue weighted by molar-refractivity contribution is -0.385. The van der Waals surface area contributed by atoms with Crippen molar-refractivity contribution in [1.29, 1.82) is 0 Å². The number of nitro groups is 1. The van der Waals surface area contributed by atoms with Gasteiger partial charge in [0, 0.05) is 12.1 Å². The molecule has 0 atom stereocenters. The number of halogens is 1. The highest BCUT2D eigenvalue weighted by molar-refractivity contribution is 7.99. The van der Waals surface area contributed by atoms with E-state index in [1.54, 1.807) is 6.07 Å². The van der Waals surface area contributed by atoms with Crippen LogP contribution in [0.3, 0.4) is 0 Å². The highest BCUT2D eigenvalue weighted by Crippen LogP contribution is 2.35. The van der Waals surface area contributed by atoms with Crippen LogP contribution in [0.1, 0.15) is 0 Å². The molecule has 0 bridgehead atoms. The minimum absolute atomic E-state index is 0.0976. The lowest BCUT2D eigenvalue weighted by atomic mass is 10.3. The molecular weight excluding hydrogens is 352 g/mol. The van der Waals surface area contributed by atoms with E-state index in [2.05, 4.69) is 15.0 Å². The van der Waals surface area contributed by atoms with Gasteiger partial charge in [-0.05, 0) is 23.9 Å². The van der Waals surface area contributed by atoms with Gasteiger partial charge in [0.05, 0.1) is 27.2 Å². The summed E-state index contributed by atoms with van der Waals surface area (Å²) in [6.45, 7) is 0. The summed E-state index contributed by atoms with van der Waals surface area (Å²) in [5.41, 5.74) is -0.0976. The third-order valence-electron chi connectivity index (χ3n) is 2.79. The van der Waals surface area contributed by atoms with E-state index in [1.807, 2.05) is 18.2 Å². The fraction of sp³-hybridized carbons (Fsp3) is 0. The van der Waals surface area contributed by atoms with E-state index in [0.29, 0.717) is 15.9 Å². The Bertz CT molecular complexity index is 859. The first-order valence-corrected chi connectivity index (χ1v) is 7.84. The van der Waals surface area contributed by atoms with Crippen molar-refractivity contribution in [3.8, 4) is 11.6 Å². The Morgan fingerprint density at radius 1 is 1.04 bits per heavy atom. The topological polar surface area (TPSA) is 91.0 Å². The standard InChI is InChI=1S/C15H9ClN4O3S/c16-10-7-18-15(19-8-10)24-13-4-2-1-3-12(13)23-14-6-5-11(9-17-14)20(21)22/h1-9H. The second kappa shape index (κ2) is 7.24. The summed E-state index contributed by atoms with van der Waals surface area (Å²) in [5, 5.41) is 11.6. The van der Waals surface area contributed by atoms with Gasteiger partial charge in [-0.1, -0.05) is 23.7 Å². The average molecular weight is 361 g/mol. The number of hydrogen-bond donors (Lipinski definition) is 0. The third kappa shape index (κ3) is 3.98. The molecule has 3 aromatic rings. The van der Waals surface area contributed by atoms with Gasteiger partial charge < -0.3 is 4.74 Å². The minimum atomic E-state index is -0.515. The maximum absolute atomic E-state index is 10.6. The molecule has 0 aliphatic heterocycles. The fourth-order valence-corrected chi connectivity index (χ4v) is 2.59. The van der Waals surface area contributed by atoms with E-state index in [1.165, 1.54) is 36.3 Å². The fourth-order valence-electron chi connectivity index (χ4n) is 1.72. The predicted octanol–water partition coefficient (Wildman–Crippen LogP) is 4.38. The number of para-hydroxylation sites is 1. The Morgan fingerprint density at radius 2 is 1.79 bits per heavy atom. The molecule has 0 unspecified atom stereocenters. The average Bonchev–Trinajstić information content (AvgIpc) is 2.59. The van der Waals surface area contributed by atoms with Crippen LogP contribution in [0.4, 0.5) is 5.69 Å². The second-order valence-electron chi connectivity index (χ2n) is 4.45. The van der Waals surface area contributed by atoms with E-state index in [4.69, 9.17) is 16.3 Å². The predicted molar refractivity (Wildman–Crippen MR) is 88.6 cm³/mol. The molecule has 120 valence electrons. The molecule has 2 heterocycles. The summed E-state index contributed by atoms with van der Waals surface area (Å²) in [5.74, 6) is 0.799. The van der Waals surface area contributed by atoms with Gasteiger partial charge in [-0.3, -0.25) is 10.1 Å². The molecule has 0 fully saturated rings. The van der Waals surface area contributed by atoms with E-state index < -0.39 is 4.92 Å². The van der Waals surface area contributed by atoms with Crippen molar-refractivity contribution in [2.45, 2.75) is 10.1 Å². The van der Waals surface area contributed by atoms with Gasteiger partial charge in [0.1, 0.15) is 11.9 Å². The van der Waals surface area contributed by atoms with Crippen LogP contribution in [0, 0.1) is 10.1 Å². The van der Waals surface area contributed by atoms with E-state index in [-0.39, 0.29) is 11.6 Å². The van der Waals surface area contributed by atoms with Gasteiger partial charge in [-0.25, -0.2) is 15.0 Å². The zero-order chi connectivity index (χ0) is 16.9. The van der Waals surface area contributed by atoms with Gasteiger partial charge in [0.15, 0.2) is 5.16 Å². The molecule has 0 aliphatic carbocycles. The maximum Gasteiger partial charge on any atom is 0.287 e. The molecule has 0 amide bonds. The van der Waals surface area contributed by atoms with Gasteiger partial charge in [0.2, 0.25) is 5.88 Å². The van der Waals surface area contributed by atoms with Gasteiger partial charge in [0.25, 0.3) is 5.69 Å². The molecular formula is C15H9ClN4O3S. The molecule has 0 spiro atoms. The zero-order valence-corrected chi connectivity index (χ0v) is 13.6. The van der Waals surface area contributed by atoms with E-state index in [9.17, 15) is 10.1 Å². The van der Waals surface area contributed by atoms with Gasteiger partial charge >= 0.3 is 0 Å². The van der Waals surface area contributed by atoms with Crippen LogP contribution in [0.25, 0.3) is 0 Å². The molecule has 0 N–H and O–H groups in total. The van der Waals surface area contributed by atoms with Crippen molar-refractivity contribution >= 4 is 29.1 Å². The minimum Gasteiger partial charge on any atom is -0.438 e. The Labute approximate surface area is 145 Å². The van der Waals surface area contributed by atoms with Crippen LogP contribution in [0.15, 0.2) is 65.0 Å². The highest BCUT2D eigenvalue weighted by Gasteiger charge is 2.10. The Morgan fingerprint density at radius 3 is 2.46 bits per heavy atom. The zero-order valence-electron chi connectivity index (χ0n) is 12.0. The van der Waals surface area contributed by atoms with Crippen molar-refractivity contribution in [2.75, 3.05) is 0 Å². The first-order valence-electron chi connectivity index (χ1n) is 6.64. The summed E-state index contributed by atoms with van der Waals surface area (Å²) in [6.07, 6.45) is 4.17. The van der Waals surface area contributed by atoms with Crippen LogP contribution in [0.5, 0.6) is 11.6 Å². The summed E-state index contributed by atoms with van der Waals surface area (Å²) in [4.78, 5) is 23.1. The molecule has 24 heavy (non-hydrogen) atoms. The summed E-state index contributed by atoms with van der Waals surface area (Å²) in [7, 11) is 0. The molecule has 0 radical (unpaired) electrons. The van der Waals surface area contributed by atoms with Crippen molar-refractivity contribution in [3.05, 3.63) is 70.1 Å². The SMILES string of the molecule is O=[N+]([O-])c1ccc(Oc2ccccc2Sc2ncc(Cl)cn2)nc1. The van der Waals surface area contributed by atoms with Crippen LogP contribution in [-0.2, 0) is 0 Å². The number of nitrogens with zero attached hydrogens (tertiary/aromatic N) is 4. The van der Waals surface area contributed by atoms with Crippen LogP contribution < -0.4 is 4.74 Å². The lowest BCUT2D eigenvalue weighted by Crippen LogP contribution is -1.93. The molecule has 9 heteroatoms. The molecule has 3 rings (SSSR count). The summed E-state index contributed by atoms with van der Waals surface area (Å²) in [6, 6.07) is 10.1. The van der Waals surface area contributed by atoms with Crippen molar-refractivity contribution in [3.63, 3.8) is 0 Å². The van der Waals surface area contributed by atoms with Crippen LogP contribution >= 0.6 is 23.4 Å². The van der Waals surface area contributed by atoms with Crippen LogP contribution in [0.2, 0.25) is 5.02 Å². The third-order valence-corrected chi connectivity index (χ3v) is 3.94. The maximum atomic E-state index is 10.6. The highest BCUT2D eigenvalue weighted by atomic mass is 35.5. The van der Waals surface area contributed by atoms with Crippen molar-refractivity contribution in [1.82, 2.24) is 15.0 Å². The Kier molecular flexibility index (Phi) is 4.88. The summed E-state index contributed by atoms with van der Waals surface area (Å²) >= 11 is 7.08. The molecule has 7 nitrogen and oxygen atoms in total. The largest absolute Gasteiger partial charge is 0.438 e. The molecule has 2 aromatic heterocycles. The molecule has 1 aromatic carbocycles. The number of pyridine rings is 1. The number of benzene rings is 1. The van der Waals surface area contributed by atoms with E-state index in [0.717, 1.165) is 11.1 Å². The number of rotatable bonds is 5. The smallest absolute Gasteiger partial charge is 0.287 e. The lowest BCUT2D eigenvalue weighted by Gasteiger charge is -2.09. The van der Waals surface area contributed by atoms with Crippen molar-refractivity contribution in [2.24, 2.45) is 0 Å². The van der Waals surface area contributed by atoms with Gasteiger partial charge in [-0.2, -0.15) is 0 Å². The molecule has 0 saturated heterocycles. The number of hydrogen-bond acceptors (Lipinski definition) is 7. The summed E-state index contributed by atoms with van der Waals surface area (Å²) < 4.78 is 5.70. The second-order valence-corrected chi connectivity index (χ2v) is 5.89. The Balaban J connectivity index is 1.81. The molecule has 0 aliphatic rings. The normalized spacial score (nSPS) is 10.4. The first kappa shape index (κ1) is 16.2. The number of ether oxygens (including phenoxy) is 1. The number of aromatic nitrogens is 3. The van der Waals surface area contributed by atoms with Crippen LogP contribution in [-0.4, -0.2) is 19.9 Å². The monoisotopic (exact) mass is 360 g/mol. The van der Waals surface area contributed by atoms with E-state index >= 15 is 0 Å².